The Bertz CT molecular complexity index is 289. The molecule has 0 aromatic heterocycles. The molecular weight excluding hydrogens is 202 g/mol. The van der Waals surface area contributed by atoms with Crippen LogP contribution in [0, 0.1) is 0 Å². The van der Waals surface area contributed by atoms with E-state index in [1.165, 1.54) is 8.61 Å². The minimum Gasteiger partial charge on any atom is -0.315 e. The van der Waals surface area contributed by atoms with Crippen molar-refractivity contribution in [3.05, 3.63) is 0 Å². The average Bonchev–Trinajstić information content (AvgIpc) is 2.50. The lowest BCUT2D eigenvalue weighted by molar-refractivity contribution is 0.326. The Morgan fingerprint density at radius 3 is 2.43 bits per heavy atom. The fourth-order valence-electron chi connectivity index (χ4n) is 1.48. The second-order valence-corrected chi connectivity index (χ2v) is 5.88. The molecule has 1 aliphatic heterocycles. The van der Waals surface area contributed by atoms with E-state index in [-0.39, 0.29) is 12.2 Å². The molecule has 2 N–H and O–H groups in total. The molecule has 84 valence electrons. The molecule has 14 heavy (non-hydrogen) atoms. The molecule has 1 rings (SSSR count). The van der Waals surface area contributed by atoms with Gasteiger partial charge in [0.1, 0.15) is 0 Å². The van der Waals surface area contributed by atoms with Gasteiger partial charge in [-0.1, -0.05) is 0 Å². The summed E-state index contributed by atoms with van der Waals surface area (Å²) < 4.78 is 26.7. The Morgan fingerprint density at radius 2 is 2.07 bits per heavy atom. The summed E-state index contributed by atoms with van der Waals surface area (Å²) in [7, 11) is -1.76. The first-order chi connectivity index (χ1) is 6.37. The fourth-order valence-corrected chi connectivity index (χ4v) is 3.16. The first-order valence-electron chi connectivity index (χ1n) is 4.87. The second kappa shape index (κ2) is 4.14. The molecule has 6 heteroatoms. The highest BCUT2D eigenvalue weighted by Crippen LogP contribution is 2.20. The van der Waals surface area contributed by atoms with E-state index in [1.807, 2.05) is 13.8 Å². The Morgan fingerprint density at radius 1 is 1.50 bits per heavy atom. The molecule has 1 saturated heterocycles. The van der Waals surface area contributed by atoms with Crippen LogP contribution in [-0.4, -0.2) is 42.8 Å². The van der Waals surface area contributed by atoms with E-state index >= 15 is 0 Å². The van der Waals surface area contributed by atoms with E-state index in [9.17, 15) is 8.42 Å². The predicted octanol–water partition coefficient (Wildman–Crippen LogP) is -0.0480. The molecule has 0 saturated carbocycles. The standard InChI is InChI=1S/C8H19N3O2S/c1-7(2)10(3)14(12,13)11-6-4-5-8(11)9/h7-8H,4-6,9H2,1-3H3. The van der Waals surface area contributed by atoms with Crippen molar-refractivity contribution in [1.82, 2.24) is 8.61 Å². The molecule has 0 bridgehead atoms. The van der Waals surface area contributed by atoms with Gasteiger partial charge in [-0.3, -0.25) is 0 Å². The van der Waals surface area contributed by atoms with Gasteiger partial charge in [-0.15, -0.1) is 0 Å². The van der Waals surface area contributed by atoms with Crippen molar-refractivity contribution in [3.8, 4) is 0 Å². The summed E-state index contributed by atoms with van der Waals surface area (Å²) in [5.41, 5.74) is 5.72. The molecule has 0 aliphatic carbocycles. The van der Waals surface area contributed by atoms with Crippen LogP contribution < -0.4 is 5.73 Å². The lowest BCUT2D eigenvalue weighted by Gasteiger charge is -2.29. The molecule has 1 fully saturated rings. The Hall–Kier alpha value is -0.170. The van der Waals surface area contributed by atoms with Crippen LogP contribution >= 0.6 is 0 Å². The van der Waals surface area contributed by atoms with Crippen LogP contribution in [0.4, 0.5) is 0 Å². The molecule has 0 spiro atoms. The molecule has 1 heterocycles. The highest BCUT2D eigenvalue weighted by atomic mass is 32.2. The zero-order chi connectivity index (χ0) is 10.9. The van der Waals surface area contributed by atoms with Crippen molar-refractivity contribution in [3.63, 3.8) is 0 Å². The zero-order valence-corrected chi connectivity index (χ0v) is 9.79. The highest BCUT2D eigenvalue weighted by molar-refractivity contribution is 7.86. The van der Waals surface area contributed by atoms with Crippen LogP contribution in [0.5, 0.6) is 0 Å². The summed E-state index contributed by atoms with van der Waals surface area (Å²) >= 11 is 0. The van der Waals surface area contributed by atoms with Gasteiger partial charge < -0.3 is 5.73 Å². The molecule has 0 aromatic carbocycles. The normalized spacial score (nSPS) is 25.1. The number of hydrogen-bond acceptors (Lipinski definition) is 3. The maximum Gasteiger partial charge on any atom is 0.283 e. The molecule has 0 amide bonds. The minimum atomic E-state index is -3.35. The molecule has 5 nitrogen and oxygen atoms in total. The number of hydrogen-bond donors (Lipinski definition) is 1. The van der Waals surface area contributed by atoms with Gasteiger partial charge in [0.05, 0.1) is 6.17 Å². The van der Waals surface area contributed by atoms with E-state index < -0.39 is 10.2 Å². The third kappa shape index (κ3) is 2.08. The average molecular weight is 221 g/mol. The van der Waals surface area contributed by atoms with Gasteiger partial charge >= 0.3 is 0 Å². The number of nitrogens with two attached hydrogens (primary N) is 1. The summed E-state index contributed by atoms with van der Waals surface area (Å²) in [6, 6.07) is -0.0344. The summed E-state index contributed by atoms with van der Waals surface area (Å²) in [4.78, 5) is 0. The van der Waals surface area contributed by atoms with Crippen LogP contribution in [0.15, 0.2) is 0 Å². The minimum absolute atomic E-state index is 0.0344. The monoisotopic (exact) mass is 221 g/mol. The van der Waals surface area contributed by atoms with E-state index in [0.717, 1.165) is 12.8 Å². The number of nitrogens with zero attached hydrogens (tertiary/aromatic N) is 2. The van der Waals surface area contributed by atoms with Gasteiger partial charge in [-0.05, 0) is 26.7 Å². The van der Waals surface area contributed by atoms with Crippen molar-refractivity contribution in [2.75, 3.05) is 13.6 Å². The smallest absolute Gasteiger partial charge is 0.283 e. The predicted molar refractivity (Wildman–Crippen MR) is 55.7 cm³/mol. The molecular formula is C8H19N3O2S. The van der Waals surface area contributed by atoms with Crippen LogP contribution in [0.2, 0.25) is 0 Å². The maximum atomic E-state index is 12.0. The summed E-state index contributed by atoms with van der Waals surface area (Å²) in [6.07, 6.45) is 1.26. The lowest BCUT2D eigenvalue weighted by Crippen LogP contribution is -2.49. The largest absolute Gasteiger partial charge is 0.315 e. The third-order valence-corrected chi connectivity index (χ3v) is 4.83. The van der Waals surface area contributed by atoms with Gasteiger partial charge in [0.25, 0.3) is 10.2 Å². The van der Waals surface area contributed by atoms with Crippen LogP contribution in [0.3, 0.4) is 0 Å². The van der Waals surface area contributed by atoms with E-state index in [1.54, 1.807) is 7.05 Å². The first kappa shape index (κ1) is 11.9. The maximum absolute atomic E-state index is 12.0. The summed E-state index contributed by atoms with van der Waals surface area (Å²) in [5, 5.41) is 0. The van der Waals surface area contributed by atoms with Crippen molar-refractivity contribution >= 4 is 10.2 Å². The van der Waals surface area contributed by atoms with E-state index in [2.05, 4.69) is 0 Å². The van der Waals surface area contributed by atoms with E-state index in [0.29, 0.717) is 6.54 Å². The fraction of sp³-hybridized carbons (Fsp3) is 1.00. The molecule has 1 unspecified atom stereocenters. The van der Waals surface area contributed by atoms with Gasteiger partial charge in [-0.25, -0.2) is 0 Å². The van der Waals surface area contributed by atoms with Gasteiger partial charge in [0.2, 0.25) is 0 Å². The summed E-state index contributed by atoms with van der Waals surface area (Å²) in [5.74, 6) is 0. The van der Waals surface area contributed by atoms with Gasteiger partial charge in [0.15, 0.2) is 0 Å². The van der Waals surface area contributed by atoms with Crippen molar-refractivity contribution in [2.45, 2.75) is 38.9 Å². The van der Waals surface area contributed by atoms with Gasteiger partial charge in [0, 0.05) is 19.6 Å². The van der Waals surface area contributed by atoms with Crippen molar-refractivity contribution in [1.29, 1.82) is 0 Å². The Kier molecular flexibility index (Phi) is 3.52. The van der Waals surface area contributed by atoms with Crippen molar-refractivity contribution < 1.29 is 8.42 Å². The Labute approximate surface area is 86.0 Å². The van der Waals surface area contributed by atoms with E-state index in [4.69, 9.17) is 5.73 Å². The topological polar surface area (TPSA) is 66.6 Å². The van der Waals surface area contributed by atoms with Crippen LogP contribution in [-0.2, 0) is 10.2 Å². The Balaban J connectivity index is 2.84. The third-order valence-electron chi connectivity index (χ3n) is 2.64. The zero-order valence-electron chi connectivity index (χ0n) is 8.97. The quantitative estimate of drug-likeness (QED) is 0.726. The molecule has 0 aromatic rings. The second-order valence-electron chi connectivity index (χ2n) is 3.94. The van der Waals surface area contributed by atoms with Crippen LogP contribution in [0.1, 0.15) is 26.7 Å². The van der Waals surface area contributed by atoms with Gasteiger partial charge in [-0.2, -0.15) is 17.0 Å². The highest BCUT2D eigenvalue weighted by Gasteiger charge is 2.35. The lowest BCUT2D eigenvalue weighted by atomic mass is 10.3. The SMILES string of the molecule is CC(C)N(C)S(=O)(=O)N1CCCC1N. The molecule has 1 aliphatic rings. The molecule has 1 atom stereocenters. The van der Waals surface area contributed by atoms with Crippen molar-refractivity contribution in [2.24, 2.45) is 5.73 Å². The molecule has 0 radical (unpaired) electrons. The first-order valence-corrected chi connectivity index (χ1v) is 6.27. The number of rotatable bonds is 3. The summed E-state index contributed by atoms with van der Waals surface area (Å²) in [6.45, 7) is 4.23. The van der Waals surface area contributed by atoms with Crippen LogP contribution in [0.25, 0.3) is 0 Å².